The molecule has 0 aliphatic heterocycles. The van der Waals surface area contributed by atoms with E-state index in [1.165, 1.54) is 23.3 Å². The van der Waals surface area contributed by atoms with Crippen molar-refractivity contribution in [2.45, 2.75) is 51.8 Å². The smallest absolute Gasteiger partial charge is 0.269 e. The van der Waals surface area contributed by atoms with E-state index in [1.54, 1.807) is 13.0 Å². The van der Waals surface area contributed by atoms with Crippen LogP contribution >= 0.6 is 0 Å². The minimum Gasteiger partial charge on any atom is -0.489 e. The fourth-order valence-electron chi connectivity index (χ4n) is 3.49. The van der Waals surface area contributed by atoms with Crippen LogP contribution in [-0.2, 0) is 30.8 Å². The predicted octanol–water partition coefficient (Wildman–Crippen LogP) is 3.02. The Hall–Kier alpha value is -2.93. The summed E-state index contributed by atoms with van der Waals surface area (Å²) in [6, 6.07) is 10.1. The molecule has 28 heavy (non-hydrogen) atoms. The monoisotopic (exact) mass is 383 g/mol. The molecular formula is C21H25N3O4. The highest BCUT2D eigenvalue weighted by molar-refractivity contribution is 5.79. The SMILES string of the molecule is C[C@H](NCc1ccc(OCc2cccc([N+](=O)[O-])c2)c2c1CCCC2)C(N)=O. The third-order valence-electron chi connectivity index (χ3n) is 5.13. The first-order valence-electron chi connectivity index (χ1n) is 9.48. The minimum atomic E-state index is -0.403. The minimum absolute atomic E-state index is 0.0631. The number of amides is 1. The van der Waals surface area contributed by atoms with Crippen LogP contribution < -0.4 is 15.8 Å². The van der Waals surface area contributed by atoms with Crippen molar-refractivity contribution in [2.24, 2.45) is 5.73 Å². The third-order valence-corrected chi connectivity index (χ3v) is 5.13. The molecule has 2 aromatic rings. The summed E-state index contributed by atoms with van der Waals surface area (Å²) in [5, 5.41) is 14.1. The second kappa shape index (κ2) is 8.84. The Bertz CT molecular complexity index is 882. The van der Waals surface area contributed by atoms with Crippen molar-refractivity contribution in [1.82, 2.24) is 5.32 Å². The average molecular weight is 383 g/mol. The van der Waals surface area contributed by atoms with Crippen LogP contribution in [0.3, 0.4) is 0 Å². The first kappa shape index (κ1) is 19.8. The van der Waals surface area contributed by atoms with E-state index in [4.69, 9.17) is 10.5 Å². The molecule has 148 valence electrons. The fourth-order valence-corrected chi connectivity index (χ4v) is 3.49. The highest BCUT2D eigenvalue weighted by atomic mass is 16.6. The van der Waals surface area contributed by atoms with Crippen molar-refractivity contribution in [1.29, 1.82) is 0 Å². The lowest BCUT2D eigenvalue weighted by atomic mass is 9.87. The number of nitro groups is 1. The summed E-state index contributed by atoms with van der Waals surface area (Å²) in [5.74, 6) is 0.457. The number of nitrogens with two attached hydrogens (primary N) is 1. The molecule has 0 radical (unpaired) electrons. The first-order valence-corrected chi connectivity index (χ1v) is 9.48. The number of fused-ring (bicyclic) bond motifs is 1. The predicted molar refractivity (Wildman–Crippen MR) is 106 cm³/mol. The molecule has 1 aliphatic rings. The number of nitrogens with one attached hydrogen (secondary N) is 1. The lowest BCUT2D eigenvalue weighted by Crippen LogP contribution is -2.38. The molecule has 0 unspecified atom stereocenters. The van der Waals surface area contributed by atoms with Gasteiger partial charge in [-0.2, -0.15) is 0 Å². The summed E-state index contributed by atoms with van der Waals surface area (Å²) >= 11 is 0. The molecule has 7 nitrogen and oxygen atoms in total. The van der Waals surface area contributed by atoms with E-state index in [1.807, 2.05) is 18.2 Å². The number of hydrogen-bond donors (Lipinski definition) is 2. The Morgan fingerprint density at radius 2 is 2.00 bits per heavy atom. The van der Waals surface area contributed by atoms with Crippen LogP contribution in [0, 0.1) is 10.1 Å². The molecule has 0 fully saturated rings. The van der Waals surface area contributed by atoms with Gasteiger partial charge in [0, 0.05) is 18.7 Å². The number of nitrogens with zero attached hydrogens (tertiary/aromatic N) is 1. The van der Waals surface area contributed by atoms with Crippen LogP contribution in [0.4, 0.5) is 5.69 Å². The summed E-state index contributed by atoms with van der Waals surface area (Å²) in [6.45, 7) is 2.62. The van der Waals surface area contributed by atoms with Gasteiger partial charge in [-0.05, 0) is 60.9 Å². The molecule has 0 saturated carbocycles. The lowest BCUT2D eigenvalue weighted by Gasteiger charge is -2.23. The van der Waals surface area contributed by atoms with E-state index in [2.05, 4.69) is 5.32 Å². The number of rotatable bonds is 8. The Morgan fingerprint density at radius 1 is 1.25 bits per heavy atom. The van der Waals surface area contributed by atoms with Crippen LogP contribution in [0.25, 0.3) is 0 Å². The van der Waals surface area contributed by atoms with Gasteiger partial charge in [-0.1, -0.05) is 18.2 Å². The van der Waals surface area contributed by atoms with Crippen molar-refractivity contribution >= 4 is 11.6 Å². The fraction of sp³-hybridized carbons (Fsp3) is 0.381. The summed E-state index contributed by atoms with van der Waals surface area (Å²) < 4.78 is 6.03. The van der Waals surface area contributed by atoms with Gasteiger partial charge in [-0.3, -0.25) is 14.9 Å². The summed E-state index contributed by atoms with van der Waals surface area (Å²) in [7, 11) is 0. The quantitative estimate of drug-likeness (QED) is 0.538. The van der Waals surface area contributed by atoms with Crippen molar-refractivity contribution in [3.8, 4) is 5.75 Å². The maximum Gasteiger partial charge on any atom is 0.269 e. The van der Waals surface area contributed by atoms with Gasteiger partial charge in [-0.15, -0.1) is 0 Å². The molecule has 0 aromatic heterocycles. The van der Waals surface area contributed by atoms with Crippen LogP contribution in [-0.4, -0.2) is 16.9 Å². The van der Waals surface area contributed by atoms with Gasteiger partial charge in [0.05, 0.1) is 11.0 Å². The van der Waals surface area contributed by atoms with E-state index in [9.17, 15) is 14.9 Å². The van der Waals surface area contributed by atoms with Crippen molar-refractivity contribution in [3.05, 3.63) is 68.8 Å². The van der Waals surface area contributed by atoms with Gasteiger partial charge in [0.25, 0.3) is 5.69 Å². The zero-order valence-electron chi connectivity index (χ0n) is 15.9. The number of primary amides is 1. The number of non-ortho nitro benzene ring substituents is 1. The molecule has 2 aromatic carbocycles. The van der Waals surface area contributed by atoms with E-state index < -0.39 is 4.92 Å². The van der Waals surface area contributed by atoms with Gasteiger partial charge in [0.1, 0.15) is 12.4 Å². The average Bonchev–Trinajstić information content (AvgIpc) is 2.70. The first-order chi connectivity index (χ1) is 13.5. The van der Waals surface area contributed by atoms with E-state index in [0.717, 1.165) is 42.6 Å². The Balaban J connectivity index is 1.76. The molecule has 1 atom stereocenters. The van der Waals surface area contributed by atoms with Crippen molar-refractivity contribution in [3.63, 3.8) is 0 Å². The molecule has 7 heteroatoms. The summed E-state index contributed by atoms with van der Waals surface area (Å²) in [6.07, 6.45) is 4.15. The molecule has 0 spiro atoms. The molecule has 0 bridgehead atoms. The maximum absolute atomic E-state index is 11.2. The van der Waals surface area contributed by atoms with Crippen LogP contribution in [0.1, 0.15) is 42.0 Å². The van der Waals surface area contributed by atoms with Gasteiger partial charge in [0.15, 0.2) is 0 Å². The molecule has 1 aliphatic carbocycles. The van der Waals surface area contributed by atoms with Gasteiger partial charge < -0.3 is 15.8 Å². The topological polar surface area (TPSA) is 107 Å². The zero-order chi connectivity index (χ0) is 20.1. The van der Waals surface area contributed by atoms with E-state index in [-0.39, 0.29) is 24.2 Å². The maximum atomic E-state index is 11.2. The van der Waals surface area contributed by atoms with E-state index >= 15 is 0 Å². The second-order valence-corrected chi connectivity index (χ2v) is 7.11. The zero-order valence-corrected chi connectivity index (χ0v) is 15.9. The molecule has 0 saturated heterocycles. The lowest BCUT2D eigenvalue weighted by molar-refractivity contribution is -0.384. The largest absolute Gasteiger partial charge is 0.489 e. The summed E-state index contributed by atoms with van der Waals surface area (Å²) in [5.41, 5.74) is 9.77. The normalized spacial score (nSPS) is 14.2. The molecule has 0 heterocycles. The van der Waals surface area contributed by atoms with E-state index in [0.29, 0.717) is 6.54 Å². The Morgan fingerprint density at radius 3 is 2.71 bits per heavy atom. The van der Waals surface area contributed by atoms with Crippen LogP contribution in [0.15, 0.2) is 36.4 Å². The van der Waals surface area contributed by atoms with Crippen molar-refractivity contribution in [2.75, 3.05) is 0 Å². The number of ether oxygens (including phenoxy) is 1. The molecule has 3 rings (SSSR count). The van der Waals surface area contributed by atoms with Crippen LogP contribution in [0.2, 0.25) is 0 Å². The van der Waals surface area contributed by atoms with Gasteiger partial charge >= 0.3 is 0 Å². The number of nitro benzene ring substituents is 1. The number of benzene rings is 2. The van der Waals surface area contributed by atoms with Gasteiger partial charge in [0.2, 0.25) is 5.91 Å². The number of carbonyl (C=O) groups is 1. The molecule has 1 amide bonds. The number of hydrogen-bond acceptors (Lipinski definition) is 5. The van der Waals surface area contributed by atoms with Gasteiger partial charge in [-0.25, -0.2) is 0 Å². The second-order valence-electron chi connectivity index (χ2n) is 7.11. The highest BCUT2D eigenvalue weighted by Crippen LogP contribution is 2.33. The standard InChI is InChI=1S/C21H25N3O4/c1-14(21(22)25)23-12-16-9-10-20(19-8-3-2-7-18(16)19)28-13-15-5-4-6-17(11-15)24(26)27/h4-6,9-11,14,23H,2-3,7-8,12-13H2,1H3,(H2,22,25)/t14-/m0/s1. The highest BCUT2D eigenvalue weighted by Gasteiger charge is 2.19. The van der Waals surface area contributed by atoms with Crippen molar-refractivity contribution < 1.29 is 14.5 Å². The Kier molecular flexibility index (Phi) is 6.26. The summed E-state index contributed by atoms with van der Waals surface area (Å²) in [4.78, 5) is 21.8. The van der Waals surface area contributed by atoms with Crippen LogP contribution in [0.5, 0.6) is 5.75 Å². The Labute approximate surface area is 164 Å². The molecular weight excluding hydrogens is 358 g/mol. The number of carbonyl (C=O) groups excluding carboxylic acids is 1. The third kappa shape index (κ3) is 4.67. The molecule has 3 N–H and O–H groups in total.